The molecule has 0 aromatic carbocycles. The first-order valence-corrected chi connectivity index (χ1v) is 9.10. The number of halogens is 2. The van der Waals surface area contributed by atoms with E-state index in [2.05, 4.69) is 25.7 Å². The molecule has 0 aromatic rings. The van der Waals surface area contributed by atoms with Crippen LogP contribution in [-0.4, -0.2) is 18.1 Å². The zero-order valence-corrected chi connectivity index (χ0v) is 14.3. The lowest BCUT2D eigenvalue weighted by atomic mass is 10.0. The summed E-state index contributed by atoms with van der Waals surface area (Å²) in [5.74, 6) is 1.85. The molecular weight excluding hydrogens is 282 g/mol. The van der Waals surface area contributed by atoms with Gasteiger partial charge in [-0.2, -0.15) is 8.78 Å². The third kappa shape index (κ3) is 8.73. The first-order valence-electron chi connectivity index (χ1n) is 9.10. The molecule has 0 aromatic heterocycles. The van der Waals surface area contributed by atoms with E-state index in [9.17, 15) is 8.78 Å². The summed E-state index contributed by atoms with van der Waals surface area (Å²) in [6, 6.07) is 0. The second kappa shape index (κ2) is 11.0. The van der Waals surface area contributed by atoms with E-state index in [0.29, 0.717) is 12.8 Å². The van der Waals surface area contributed by atoms with Crippen LogP contribution in [-0.2, 0) is 4.74 Å². The molecule has 2 atom stereocenters. The molecule has 0 heterocycles. The van der Waals surface area contributed by atoms with Crippen molar-refractivity contribution in [3.63, 3.8) is 0 Å². The van der Waals surface area contributed by atoms with E-state index in [0.717, 1.165) is 32.1 Å². The quantitative estimate of drug-likeness (QED) is 0.349. The van der Waals surface area contributed by atoms with Crippen LogP contribution in [0.25, 0.3) is 0 Å². The maximum absolute atomic E-state index is 13.4. The molecule has 0 saturated heterocycles. The topological polar surface area (TPSA) is 9.23 Å². The van der Waals surface area contributed by atoms with Crippen LogP contribution in [0, 0.1) is 11.8 Å². The highest BCUT2D eigenvalue weighted by atomic mass is 19.3. The Bertz CT molecular complexity index is 343. The molecule has 0 spiro atoms. The number of hydrogen-bond donors (Lipinski definition) is 0. The normalized spacial score (nSPS) is 22.3. The molecule has 1 rings (SSSR count). The maximum atomic E-state index is 13.4. The van der Waals surface area contributed by atoms with Crippen LogP contribution < -0.4 is 0 Å². The zero-order chi connectivity index (χ0) is 16.3. The van der Waals surface area contributed by atoms with Crippen molar-refractivity contribution in [2.45, 2.75) is 109 Å². The van der Waals surface area contributed by atoms with Crippen molar-refractivity contribution in [1.82, 2.24) is 0 Å². The Balaban J connectivity index is 2.43. The summed E-state index contributed by atoms with van der Waals surface area (Å²) < 4.78 is 33.0. The van der Waals surface area contributed by atoms with Crippen LogP contribution in [0.15, 0.2) is 0 Å². The third-order valence-electron chi connectivity index (χ3n) is 4.29. The van der Waals surface area contributed by atoms with Crippen molar-refractivity contribution >= 4 is 0 Å². The molecule has 1 aliphatic rings. The predicted octanol–water partition coefficient (Wildman–Crippen LogP) is 6.11. The molecule has 3 heteroatoms. The molecule has 0 amide bonds. The largest absolute Gasteiger partial charge is 0.375 e. The van der Waals surface area contributed by atoms with Gasteiger partial charge < -0.3 is 4.74 Å². The van der Waals surface area contributed by atoms with Gasteiger partial charge in [0, 0.05) is 12.8 Å². The summed E-state index contributed by atoms with van der Waals surface area (Å²) in [4.78, 5) is 0. The Morgan fingerprint density at radius 1 is 1.05 bits per heavy atom. The van der Waals surface area contributed by atoms with Crippen molar-refractivity contribution in [2.75, 3.05) is 0 Å². The third-order valence-corrected chi connectivity index (χ3v) is 4.29. The summed E-state index contributed by atoms with van der Waals surface area (Å²) in [5, 5.41) is 0. The van der Waals surface area contributed by atoms with Gasteiger partial charge in [-0.15, -0.1) is 0 Å². The molecule has 0 bridgehead atoms. The van der Waals surface area contributed by atoms with E-state index >= 15 is 0 Å². The van der Waals surface area contributed by atoms with Gasteiger partial charge in [0.15, 0.2) is 0 Å². The van der Waals surface area contributed by atoms with Gasteiger partial charge in [0.05, 0.1) is 12.2 Å². The minimum atomic E-state index is -2.83. The van der Waals surface area contributed by atoms with Gasteiger partial charge in [0.2, 0.25) is 0 Å². The van der Waals surface area contributed by atoms with Crippen molar-refractivity contribution in [3.05, 3.63) is 0 Å². The lowest BCUT2D eigenvalue weighted by molar-refractivity contribution is -0.0453. The highest BCUT2D eigenvalue weighted by molar-refractivity contribution is 5.10. The maximum Gasteiger partial charge on any atom is 0.308 e. The monoisotopic (exact) mass is 314 g/mol. The molecule has 0 saturated carbocycles. The summed E-state index contributed by atoms with van der Waals surface area (Å²) in [5.41, 5.74) is 0. The van der Waals surface area contributed by atoms with Crippen LogP contribution in [0.2, 0.25) is 0 Å². The Morgan fingerprint density at radius 3 is 2.50 bits per heavy atom. The summed E-state index contributed by atoms with van der Waals surface area (Å²) >= 11 is 0. The number of unbranched alkanes of at least 4 members (excludes halogenated alkanes) is 4. The Hall–Kier alpha value is -0.620. The standard InChI is InChI=1S/C19H32F2O/c1-3-5-7-8-12-17(11-6-4-2)22-18-13-9-10-15-19(20,21)16-14-18/h17-18H,3-9,11-14,16H2,1-2H3. The summed E-state index contributed by atoms with van der Waals surface area (Å²) in [6.45, 7) is 4.39. The minimum Gasteiger partial charge on any atom is -0.375 e. The fraction of sp³-hybridized carbons (Fsp3) is 0.895. The van der Waals surface area contributed by atoms with E-state index in [1.165, 1.54) is 25.7 Å². The van der Waals surface area contributed by atoms with Crippen molar-refractivity contribution < 1.29 is 13.5 Å². The van der Waals surface area contributed by atoms with E-state index in [4.69, 9.17) is 4.74 Å². The highest BCUT2D eigenvalue weighted by Crippen LogP contribution is 2.26. The zero-order valence-electron chi connectivity index (χ0n) is 14.3. The van der Waals surface area contributed by atoms with Crippen molar-refractivity contribution in [2.24, 2.45) is 0 Å². The van der Waals surface area contributed by atoms with E-state index < -0.39 is 5.92 Å². The smallest absolute Gasteiger partial charge is 0.308 e. The SMILES string of the molecule is CCCCCCC(CCCC)OC1CCC#CC(F)(F)CC1. The predicted molar refractivity (Wildman–Crippen MR) is 88.1 cm³/mol. The number of hydrogen-bond acceptors (Lipinski definition) is 1. The van der Waals surface area contributed by atoms with Crippen LogP contribution >= 0.6 is 0 Å². The van der Waals surface area contributed by atoms with E-state index in [1.54, 1.807) is 0 Å². The fourth-order valence-corrected chi connectivity index (χ4v) is 2.89. The molecule has 128 valence electrons. The van der Waals surface area contributed by atoms with Gasteiger partial charge in [0.25, 0.3) is 0 Å². The van der Waals surface area contributed by atoms with Crippen molar-refractivity contribution in [3.8, 4) is 11.8 Å². The van der Waals surface area contributed by atoms with Gasteiger partial charge in [-0.25, -0.2) is 0 Å². The highest BCUT2D eigenvalue weighted by Gasteiger charge is 2.29. The van der Waals surface area contributed by atoms with Crippen LogP contribution in [0.3, 0.4) is 0 Å². The molecule has 2 unspecified atom stereocenters. The van der Waals surface area contributed by atoms with Gasteiger partial charge in [0.1, 0.15) is 0 Å². The average Bonchev–Trinajstić information content (AvgIpc) is 2.48. The van der Waals surface area contributed by atoms with Crippen LogP contribution in [0.1, 0.15) is 90.9 Å². The molecular formula is C19H32F2O. The number of alkyl halides is 2. The van der Waals surface area contributed by atoms with Gasteiger partial charge in [-0.3, -0.25) is 0 Å². The summed E-state index contributed by atoms with van der Waals surface area (Å²) in [7, 11) is 0. The second-order valence-corrected chi connectivity index (χ2v) is 6.46. The molecule has 22 heavy (non-hydrogen) atoms. The Morgan fingerprint density at radius 2 is 1.77 bits per heavy atom. The van der Waals surface area contributed by atoms with Crippen LogP contribution in [0.5, 0.6) is 0 Å². The average molecular weight is 314 g/mol. The molecule has 0 radical (unpaired) electrons. The summed E-state index contributed by atoms with van der Waals surface area (Å²) in [6.07, 6.45) is 11.1. The molecule has 0 aliphatic heterocycles. The molecule has 1 aliphatic carbocycles. The Labute approximate surface area is 135 Å². The van der Waals surface area contributed by atoms with Gasteiger partial charge in [-0.1, -0.05) is 58.3 Å². The van der Waals surface area contributed by atoms with E-state index in [-0.39, 0.29) is 18.6 Å². The molecule has 0 N–H and O–H groups in total. The van der Waals surface area contributed by atoms with Gasteiger partial charge >= 0.3 is 5.92 Å². The first kappa shape index (κ1) is 19.4. The lowest BCUT2D eigenvalue weighted by Crippen LogP contribution is -2.26. The van der Waals surface area contributed by atoms with Crippen molar-refractivity contribution in [1.29, 1.82) is 0 Å². The first-order chi connectivity index (χ1) is 10.6. The number of ether oxygens (including phenoxy) is 1. The van der Waals surface area contributed by atoms with E-state index in [1.807, 2.05) is 0 Å². The minimum absolute atomic E-state index is 0.0477. The molecule has 1 nitrogen and oxygen atoms in total. The molecule has 0 fully saturated rings. The fourth-order valence-electron chi connectivity index (χ4n) is 2.89. The second-order valence-electron chi connectivity index (χ2n) is 6.46. The Kier molecular flexibility index (Phi) is 9.71. The lowest BCUT2D eigenvalue weighted by Gasteiger charge is -2.26. The van der Waals surface area contributed by atoms with Gasteiger partial charge in [-0.05, 0) is 31.6 Å². The number of rotatable bonds is 10. The van der Waals surface area contributed by atoms with Crippen LogP contribution in [0.4, 0.5) is 8.78 Å².